The molecule has 0 bridgehead atoms. The molecule has 0 atom stereocenters. The lowest BCUT2D eigenvalue weighted by atomic mass is 9.98. The minimum atomic E-state index is 0.906. The molecule has 3 rings (SSSR count). The van der Waals surface area contributed by atoms with Crippen molar-refractivity contribution in [2.75, 3.05) is 5.32 Å². The smallest absolute Gasteiger partial charge is 0.0391 e. The third-order valence-electron chi connectivity index (χ3n) is 3.68. The van der Waals surface area contributed by atoms with Gasteiger partial charge in [-0.2, -0.15) is 0 Å². The van der Waals surface area contributed by atoms with Crippen LogP contribution in [0, 0.1) is 6.92 Å². The molecule has 0 heterocycles. The Hall–Kier alpha value is -2.80. The van der Waals surface area contributed by atoms with E-state index in [2.05, 4.69) is 85.5 Å². The van der Waals surface area contributed by atoms with Gasteiger partial charge in [0.2, 0.25) is 0 Å². The Labute approximate surface area is 132 Å². The second kappa shape index (κ2) is 6.31. The van der Waals surface area contributed by atoms with Gasteiger partial charge >= 0.3 is 0 Å². The Morgan fingerprint density at radius 3 is 2.14 bits per heavy atom. The number of aryl methyl sites for hydroxylation is 1. The van der Waals surface area contributed by atoms with Crippen LogP contribution in [0.15, 0.2) is 85.4 Å². The Bertz CT molecular complexity index is 771. The van der Waals surface area contributed by atoms with Gasteiger partial charge in [-0.3, -0.25) is 0 Å². The molecule has 0 aliphatic carbocycles. The highest BCUT2D eigenvalue weighted by Crippen LogP contribution is 2.28. The van der Waals surface area contributed by atoms with E-state index in [1.807, 2.05) is 12.1 Å². The van der Waals surface area contributed by atoms with Crippen LogP contribution in [0.2, 0.25) is 0 Å². The predicted octanol–water partition coefficient (Wildman–Crippen LogP) is 5.74. The molecule has 0 saturated heterocycles. The molecule has 0 unspecified atom stereocenters. The van der Waals surface area contributed by atoms with E-state index in [4.69, 9.17) is 0 Å². The Morgan fingerprint density at radius 2 is 1.41 bits per heavy atom. The summed E-state index contributed by atoms with van der Waals surface area (Å²) in [5.74, 6) is 0. The molecule has 0 saturated carbocycles. The molecule has 0 aliphatic heterocycles. The summed E-state index contributed by atoms with van der Waals surface area (Å²) in [4.78, 5) is 0. The van der Waals surface area contributed by atoms with Gasteiger partial charge < -0.3 is 5.32 Å². The van der Waals surface area contributed by atoms with Crippen LogP contribution in [-0.2, 0) is 0 Å². The van der Waals surface area contributed by atoms with Crippen molar-refractivity contribution in [2.24, 2.45) is 0 Å². The summed E-state index contributed by atoms with van der Waals surface area (Å²) in [7, 11) is 0. The fraction of sp³-hybridized carbons (Fsp3) is 0.0476. The van der Waals surface area contributed by atoms with Gasteiger partial charge in [0.25, 0.3) is 0 Å². The third-order valence-corrected chi connectivity index (χ3v) is 3.68. The molecule has 0 aromatic heterocycles. The minimum absolute atomic E-state index is 0.906. The van der Waals surface area contributed by atoms with Crippen LogP contribution >= 0.6 is 0 Å². The first-order valence-corrected chi connectivity index (χ1v) is 7.41. The number of hydrogen-bond acceptors (Lipinski definition) is 1. The molecule has 0 spiro atoms. The summed E-state index contributed by atoms with van der Waals surface area (Å²) < 4.78 is 0. The van der Waals surface area contributed by atoms with Crippen molar-refractivity contribution >= 4 is 11.4 Å². The molecular formula is C21H19N. The van der Waals surface area contributed by atoms with Crippen LogP contribution in [-0.4, -0.2) is 0 Å². The quantitative estimate of drug-likeness (QED) is 0.644. The number of benzene rings is 3. The molecule has 1 N–H and O–H groups in total. The van der Waals surface area contributed by atoms with E-state index < -0.39 is 0 Å². The first-order chi connectivity index (χ1) is 10.7. The first-order valence-electron chi connectivity index (χ1n) is 7.41. The van der Waals surface area contributed by atoms with Crippen LogP contribution in [0.4, 0.5) is 5.69 Å². The predicted molar refractivity (Wildman–Crippen MR) is 95.7 cm³/mol. The van der Waals surface area contributed by atoms with Crippen molar-refractivity contribution in [1.29, 1.82) is 0 Å². The molecule has 0 amide bonds. The molecule has 0 fully saturated rings. The van der Waals surface area contributed by atoms with Gasteiger partial charge in [0.05, 0.1) is 0 Å². The van der Waals surface area contributed by atoms with Crippen LogP contribution in [0.25, 0.3) is 16.8 Å². The maximum atomic E-state index is 4.22. The van der Waals surface area contributed by atoms with Gasteiger partial charge in [-0.15, -0.1) is 0 Å². The Kier molecular flexibility index (Phi) is 4.06. The number of nitrogens with one attached hydrogen (secondary N) is 1. The summed E-state index contributed by atoms with van der Waals surface area (Å²) in [6, 6.07) is 27.1. The topological polar surface area (TPSA) is 12.0 Å². The maximum Gasteiger partial charge on any atom is 0.0391 e. The zero-order valence-corrected chi connectivity index (χ0v) is 12.7. The SMILES string of the molecule is C=C(Nc1ccc(C)cc1)c1ccccc1-c1ccccc1. The lowest BCUT2D eigenvalue weighted by Gasteiger charge is -2.14. The average Bonchev–Trinajstić information content (AvgIpc) is 2.58. The summed E-state index contributed by atoms with van der Waals surface area (Å²) in [5, 5.41) is 3.40. The fourth-order valence-corrected chi connectivity index (χ4v) is 2.49. The van der Waals surface area contributed by atoms with Crippen molar-refractivity contribution in [3.8, 4) is 11.1 Å². The zero-order chi connectivity index (χ0) is 15.4. The van der Waals surface area contributed by atoms with E-state index in [9.17, 15) is 0 Å². The van der Waals surface area contributed by atoms with Crippen LogP contribution in [0.5, 0.6) is 0 Å². The van der Waals surface area contributed by atoms with Crippen molar-refractivity contribution in [1.82, 2.24) is 0 Å². The molecule has 0 aliphatic rings. The number of hydrogen-bond donors (Lipinski definition) is 1. The van der Waals surface area contributed by atoms with Gasteiger partial charge in [-0.25, -0.2) is 0 Å². The monoisotopic (exact) mass is 285 g/mol. The Balaban J connectivity index is 1.91. The normalized spacial score (nSPS) is 10.2. The second-order valence-electron chi connectivity index (χ2n) is 5.38. The largest absolute Gasteiger partial charge is 0.356 e. The second-order valence-corrected chi connectivity index (χ2v) is 5.38. The first kappa shape index (κ1) is 14.2. The molecule has 0 radical (unpaired) electrons. The van der Waals surface area contributed by atoms with Crippen LogP contribution in [0.3, 0.4) is 0 Å². The van der Waals surface area contributed by atoms with Crippen LogP contribution in [0.1, 0.15) is 11.1 Å². The molecule has 22 heavy (non-hydrogen) atoms. The molecule has 1 heteroatoms. The fourth-order valence-electron chi connectivity index (χ4n) is 2.49. The lowest BCUT2D eigenvalue weighted by molar-refractivity contribution is 1.45. The zero-order valence-electron chi connectivity index (χ0n) is 12.7. The van der Waals surface area contributed by atoms with Crippen molar-refractivity contribution < 1.29 is 0 Å². The standard InChI is InChI=1S/C21H19N/c1-16-12-14-19(15-13-16)22-17(2)20-10-6-7-11-21(20)18-8-4-3-5-9-18/h3-15,22H,2H2,1H3. The van der Waals surface area contributed by atoms with E-state index in [-0.39, 0.29) is 0 Å². The summed E-state index contributed by atoms with van der Waals surface area (Å²) in [6.45, 7) is 6.30. The van der Waals surface area contributed by atoms with Gasteiger partial charge in [-0.05, 0) is 30.2 Å². The van der Waals surface area contributed by atoms with Crippen molar-refractivity contribution in [3.63, 3.8) is 0 Å². The third kappa shape index (κ3) is 3.09. The Morgan fingerprint density at radius 1 is 0.773 bits per heavy atom. The lowest BCUT2D eigenvalue weighted by Crippen LogP contribution is -1.99. The van der Waals surface area contributed by atoms with Gasteiger partial charge in [-0.1, -0.05) is 78.9 Å². The highest BCUT2D eigenvalue weighted by atomic mass is 14.9. The molecule has 3 aromatic carbocycles. The van der Waals surface area contributed by atoms with E-state index in [1.165, 1.54) is 16.7 Å². The summed E-state index contributed by atoms with van der Waals surface area (Å²) >= 11 is 0. The highest BCUT2D eigenvalue weighted by molar-refractivity contribution is 5.85. The maximum absolute atomic E-state index is 4.22. The van der Waals surface area contributed by atoms with E-state index in [0.29, 0.717) is 0 Å². The minimum Gasteiger partial charge on any atom is -0.356 e. The molecule has 3 aromatic rings. The van der Waals surface area contributed by atoms with Crippen molar-refractivity contribution in [3.05, 3.63) is 96.6 Å². The molecule has 1 nitrogen and oxygen atoms in total. The summed E-state index contributed by atoms with van der Waals surface area (Å²) in [5.41, 5.74) is 6.72. The van der Waals surface area contributed by atoms with Crippen molar-refractivity contribution in [2.45, 2.75) is 6.92 Å². The van der Waals surface area contributed by atoms with Gasteiger partial charge in [0.1, 0.15) is 0 Å². The van der Waals surface area contributed by atoms with Gasteiger partial charge in [0, 0.05) is 16.9 Å². The van der Waals surface area contributed by atoms with E-state index in [0.717, 1.165) is 16.9 Å². The average molecular weight is 285 g/mol. The van der Waals surface area contributed by atoms with Crippen LogP contribution < -0.4 is 5.32 Å². The highest BCUT2D eigenvalue weighted by Gasteiger charge is 2.07. The van der Waals surface area contributed by atoms with Gasteiger partial charge in [0.15, 0.2) is 0 Å². The molecule has 108 valence electrons. The number of rotatable bonds is 4. The van der Waals surface area contributed by atoms with E-state index >= 15 is 0 Å². The number of anilines is 1. The summed E-state index contributed by atoms with van der Waals surface area (Å²) in [6.07, 6.45) is 0. The van der Waals surface area contributed by atoms with E-state index in [1.54, 1.807) is 0 Å². The molecular weight excluding hydrogens is 266 g/mol.